The van der Waals surface area contributed by atoms with Crippen LogP contribution in [-0.2, 0) is 4.79 Å². The minimum Gasteiger partial charge on any atom is -0.494 e. The lowest BCUT2D eigenvalue weighted by atomic mass is 10.2. The molecule has 0 aliphatic carbocycles. The standard InChI is InChI=1S/C21H25N5O2S/c1-4-15(3)23-19(27)14-29-21-25-24-20(16-7-6-12-22-13-16)26(21)17-8-10-18(11-9-17)28-5-2/h6-13,15H,4-5,14H2,1-3H3,(H,23,27)/t15-/m0/s1. The molecule has 1 amide bonds. The number of nitrogens with one attached hydrogen (secondary N) is 1. The van der Waals surface area contributed by atoms with Gasteiger partial charge in [0.15, 0.2) is 11.0 Å². The maximum atomic E-state index is 12.2. The third-order valence-electron chi connectivity index (χ3n) is 4.31. The lowest BCUT2D eigenvalue weighted by Crippen LogP contribution is -2.33. The topological polar surface area (TPSA) is 81.9 Å². The molecule has 7 nitrogen and oxygen atoms in total. The van der Waals surface area contributed by atoms with Gasteiger partial charge in [-0.05, 0) is 56.7 Å². The molecule has 0 bridgehead atoms. The Morgan fingerprint density at radius 3 is 2.66 bits per heavy atom. The van der Waals surface area contributed by atoms with Crippen molar-refractivity contribution in [1.82, 2.24) is 25.1 Å². The van der Waals surface area contributed by atoms with Crippen LogP contribution >= 0.6 is 11.8 Å². The summed E-state index contributed by atoms with van der Waals surface area (Å²) in [6.45, 7) is 6.60. The van der Waals surface area contributed by atoms with Gasteiger partial charge in [0.05, 0.1) is 12.4 Å². The second-order valence-electron chi connectivity index (χ2n) is 6.48. The Hall–Kier alpha value is -2.87. The molecule has 152 valence electrons. The number of nitrogens with zero attached hydrogens (tertiary/aromatic N) is 4. The number of rotatable bonds is 9. The van der Waals surface area contributed by atoms with Gasteiger partial charge in [0, 0.05) is 29.7 Å². The van der Waals surface area contributed by atoms with E-state index in [1.165, 1.54) is 11.8 Å². The fraction of sp³-hybridized carbons (Fsp3) is 0.333. The van der Waals surface area contributed by atoms with Gasteiger partial charge in [-0.25, -0.2) is 0 Å². The minimum absolute atomic E-state index is 0.0199. The van der Waals surface area contributed by atoms with Crippen LogP contribution in [0.1, 0.15) is 27.2 Å². The average Bonchev–Trinajstić information content (AvgIpc) is 3.17. The smallest absolute Gasteiger partial charge is 0.230 e. The molecule has 3 rings (SSSR count). The van der Waals surface area contributed by atoms with Gasteiger partial charge in [0.1, 0.15) is 5.75 Å². The van der Waals surface area contributed by atoms with Crippen LogP contribution in [-0.4, -0.2) is 44.1 Å². The zero-order chi connectivity index (χ0) is 20.6. The molecular weight excluding hydrogens is 386 g/mol. The SMILES string of the molecule is CCOc1ccc(-n2c(SCC(=O)N[C@@H](C)CC)nnc2-c2cccnc2)cc1. The number of aromatic nitrogens is 4. The minimum atomic E-state index is -0.0199. The maximum absolute atomic E-state index is 12.2. The van der Waals surface area contributed by atoms with Crippen molar-refractivity contribution in [3.05, 3.63) is 48.8 Å². The quantitative estimate of drug-likeness (QED) is 0.540. The van der Waals surface area contributed by atoms with Gasteiger partial charge in [-0.3, -0.25) is 14.3 Å². The summed E-state index contributed by atoms with van der Waals surface area (Å²) in [6, 6.07) is 11.7. The molecule has 8 heteroatoms. The summed E-state index contributed by atoms with van der Waals surface area (Å²) in [7, 11) is 0. The summed E-state index contributed by atoms with van der Waals surface area (Å²) in [5.41, 5.74) is 1.74. The Morgan fingerprint density at radius 2 is 2.00 bits per heavy atom. The van der Waals surface area contributed by atoms with Crippen molar-refractivity contribution in [1.29, 1.82) is 0 Å². The molecule has 0 aliphatic rings. The lowest BCUT2D eigenvalue weighted by molar-refractivity contribution is -0.119. The van der Waals surface area contributed by atoms with Crippen LogP contribution in [0.5, 0.6) is 5.75 Å². The first kappa shape index (κ1) is 20.9. The molecule has 1 N–H and O–H groups in total. The number of hydrogen-bond acceptors (Lipinski definition) is 6. The van der Waals surface area contributed by atoms with Crippen molar-refractivity contribution in [2.24, 2.45) is 0 Å². The molecule has 0 aliphatic heterocycles. The highest BCUT2D eigenvalue weighted by atomic mass is 32.2. The monoisotopic (exact) mass is 411 g/mol. The van der Waals surface area contributed by atoms with Crippen LogP contribution in [0.25, 0.3) is 17.1 Å². The Morgan fingerprint density at radius 1 is 1.21 bits per heavy atom. The van der Waals surface area contributed by atoms with Crippen molar-refractivity contribution >= 4 is 17.7 Å². The molecule has 0 spiro atoms. The van der Waals surface area contributed by atoms with Gasteiger partial charge >= 0.3 is 0 Å². The lowest BCUT2D eigenvalue weighted by Gasteiger charge is -2.13. The van der Waals surface area contributed by atoms with E-state index in [0.717, 1.165) is 23.4 Å². The third kappa shape index (κ3) is 5.35. The van der Waals surface area contributed by atoms with Gasteiger partial charge < -0.3 is 10.1 Å². The van der Waals surface area contributed by atoms with Crippen molar-refractivity contribution in [3.63, 3.8) is 0 Å². The van der Waals surface area contributed by atoms with Crippen LogP contribution in [0.15, 0.2) is 53.9 Å². The summed E-state index contributed by atoms with van der Waals surface area (Å²) < 4.78 is 7.48. The zero-order valence-electron chi connectivity index (χ0n) is 16.8. The largest absolute Gasteiger partial charge is 0.494 e. The number of hydrogen-bond donors (Lipinski definition) is 1. The van der Waals surface area contributed by atoms with Gasteiger partial charge in [0.25, 0.3) is 0 Å². The highest BCUT2D eigenvalue weighted by Gasteiger charge is 2.18. The number of carbonyl (C=O) groups excluding carboxylic acids is 1. The van der Waals surface area contributed by atoms with Crippen LogP contribution in [0, 0.1) is 0 Å². The number of carbonyl (C=O) groups is 1. The summed E-state index contributed by atoms with van der Waals surface area (Å²) in [6.07, 6.45) is 4.36. The fourth-order valence-corrected chi connectivity index (χ4v) is 3.45. The van der Waals surface area contributed by atoms with E-state index in [-0.39, 0.29) is 17.7 Å². The summed E-state index contributed by atoms with van der Waals surface area (Å²) in [5, 5.41) is 12.3. The molecule has 29 heavy (non-hydrogen) atoms. The molecule has 2 heterocycles. The van der Waals surface area contributed by atoms with Crippen LogP contribution < -0.4 is 10.1 Å². The molecule has 2 aromatic heterocycles. The fourth-order valence-electron chi connectivity index (χ4n) is 2.68. The van der Waals surface area contributed by atoms with E-state index >= 15 is 0 Å². The van der Waals surface area contributed by atoms with E-state index < -0.39 is 0 Å². The number of pyridine rings is 1. The molecule has 1 atom stereocenters. The molecule has 3 aromatic rings. The van der Waals surface area contributed by atoms with E-state index in [0.29, 0.717) is 17.6 Å². The molecule has 0 saturated carbocycles. The Bertz CT molecular complexity index is 928. The summed E-state index contributed by atoms with van der Waals surface area (Å²) in [5.74, 6) is 1.72. The van der Waals surface area contributed by atoms with E-state index in [4.69, 9.17) is 4.74 Å². The van der Waals surface area contributed by atoms with Crippen LogP contribution in [0.3, 0.4) is 0 Å². The second-order valence-corrected chi connectivity index (χ2v) is 7.42. The van der Waals surface area contributed by atoms with Gasteiger partial charge in [-0.2, -0.15) is 0 Å². The number of amides is 1. The molecule has 0 fully saturated rings. The molecule has 0 saturated heterocycles. The predicted molar refractivity (Wildman–Crippen MR) is 114 cm³/mol. The van der Waals surface area contributed by atoms with E-state index in [1.807, 2.05) is 61.7 Å². The van der Waals surface area contributed by atoms with Gasteiger partial charge in [-0.15, -0.1) is 10.2 Å². The highest BCUT2D eigenvalue weighted by Crippen LogP contribution is 2.28. The normalized spacial score (nSPS) is 11.8. The molecule has 0 radical (unpaired) electrons. The van der Waals surface area contributed by atoms with Gasteiger partial charge in [0.2, 0.25) is 5.91 Å². The zero-order valence-corrected chi connectivity index (χ0v) is 17.6. The van der Waals surface area contributed by atoms with Gasteiger partial charge in [-0.1, -0.05) is 18.7 Å². The Balaban J connectivity index is 1.90. The van der Waals surface area contributed by atoms with E-state index in [9.17, 15) is 4.79 Å². The average molecular weight is 412 g/mol. The Kier molecular flexibility index (Phi) is 7.24. The predicted octanol–water partition coefficient (Wildman–Crippen LogP) is 3.73. The van der Waals surface area contributed by atoms with E-state index in [2.05, 4.69) is 20.5 Å². The highest BCUT2D eigenvalue weighted by molar-refractivity contribution is 7.99. The first-order valence-corrected chi connectivity index (χ1v) is 10.6. The van der Waals surface area contributed by atoms with Crippen molar-refractivity contribution in [2.45, 2.75) is 38.4 Å². The van der Waals surface area contributed by atoms with Crippen molar-refractivity contribution < 1.29 is 9.53 Å². The third-order valence-corrected chi connectivity index (χ3v) is 5.24. The number of ether oxygens (including phenoxy) is 1. The van der Waals surface area contributed by atoms with Crippen molar-refractivity contribution in [3.8, 4) is 22.8 Å². The first-order chi connectivity index (χ1) is 14.1. The second kappa shape index (κ2) is 10.1. The summed E-state index contributed by atoms with van der Waals surface area (Å²) in [4.78, 5) is 16.4. The molecule has 1 aromatic carbocycles. The van der Waals surface area contributed by atoms with E-state index in [1.54, 1.807) is 12.4 Å². The Labute approximate surface area is 174 Å². The molecular formula is C21H25N5O2S. The number of thioether (sulfide) groups is 1. The van der Waals surface area contributed by atoms with Crippen LogP contribution in [0.4, 0.5) is 0 Å². The molecule has 0 unspecified atom stereocenters. The first-order valence-electron chi connectivity index (χ1n) is 9.63. The van der Waals surface area contributed by atoms with Crippen LogP contribution in [0.2, 0.25) is 0 Å². The maximum Gasteiger partial charge on any atom is 0.230 e. The van der Waals surface area contributed by atoms with Crippen molar-refractivity contribution in [2.75, 3.05) is 12.4 Å². The summed E-state index contributed by atoms with van der Waals surface area (Å²) >= 11 is 1.36. The number of benzene rings is 1.